The highest BCUT2D eigenvalue weighted by molar-refractivity contribution is 7.99. The Balaban J connectivity index is 1.07. The molecule has 14 nitrogen and oxygen atoms in total. The number of nitrogens with zero attached hydrogens (tertiary/aromatic N) is 7. The Labute approximate surface area is 305 Å². The Morgan fingerprint density at radius 3 is 2.42 bits per heavy atom. The molecule has 1 saturated heterocycles. The number of piperazine rings is 1. The zero-order chi connectivity index (χ0) is 36.5. The lowest BCUT2D eigenvalue weighted by atomic mass is 10.1. The van der Waals surface area contributed by atoms with Crippen molar-refractivity contribution in [2.45, 2.75) is 34.8 Å². The number of para-hydroxylation sites is 1. The van der Waals surface area contributed by atoms with Crippen molar-refractivity contribution in [3.63, 3.8) is 0 Å². The highest BCUT2D eigenvalue weighted by atomic mass is 32.2. The van der Waals surface area contributed by atoms with E-state index >= 15 is 0 Å². The number of nitrogens with one attached hydrogen (secondary N) is 1. The normalized spacial score (nSPS) is 13.4. The number of hydrogen-bond donors (Lipinski definition) is 1. The second-order valence-corrected chi connectivity index (χ2v) is 14.6. The zero-order valence-electron chi connectivity index (χ0n) is 28.3. The molecule has 16 heteroatoms. The van der Waals surface area contributed by atoms with E-state index in [1.807, 2.05) is 54.6 Å². The number of hydrogen-bond acceptors (Lipinski definition) is 13. The number of rotatable bonds is 14. The number of benzene rings is 3. The maximum atomic E-state index is 13.3. The summed E-state index contributed by atoms with van der Waals surface area (Å²) >= 11 is 1.22. The Kier molecular flexibility index (Phi) is 11.6. The average molecular weight is 741 g/mol. The van der Waals surface area contributed by atoms with Crippen molar-refractivity contribution in [2.75, 3.05) is 50.4 Å². The highest BCUT2D eigenvalue weighted by Gasteiger charge is 2.36. The van der Waals surface area contributed by atoms with E-state index < -0.39 is 20.7 Å². The first kappa shape index (κ1) is 36.3. The summed E-state index contributed by atoms with van der Waals surface area (Å²) in [5.41, 5.74) is 3.54. The summed E-state index contributed by atoms with van der Waals surface area (Å²) in [6, 6.07) is 27.1. The first-order valence-electron chi connectivity index (χ1n) is 16.7. The van der Waals surface area contributed by atoms with E-state index in [1.54, 1.807) is 23.1 Å². The molecule has 3 aromatic carbocycles. The maximum absolute atomic E-state index is 13.3. The Bertz CT molecular complexity index is 2150. The molecular formula is C36H36N8O6S2. The van der Waals surface area contributed by atoms with Crippen molar-refractivity contribution in [2.24, 2.45) is 0 Å². The van der Waals surface area contributed by atoms with Gasteiger partial charge >= 0.3 is 10.9 Å². The van der Waals surface area contributed by atoms with Gasteiger partial charge in [-0.2, -0.15) is 5.26 Å². The summed E-state index contributed by atoms with van der Waals surface area (Å²) in [6.07, 6.45) is 1.82. The second kappa shape index (κ2) is 16.7. The predicted molar refractivity (Wildman–Crippen MR) is 192 cm³/mol. The number of carbonyl (C=O) groups is 1. The minimum Gasteiger partial charge on any atom is -0.453 e. The van der Waals surface area contributed by atoms with Crippen LogP contribution in [0.5, 0.6) is 5.88 Å². The van der Waals surface area contributed by atoms with Crippen LogP contribution >= 0.6 is 11.8 Å². The monoisotopic (exact) mass is 740 g/mol. The van der Waals surface area contributed by atoms with Crippen LogP contribution < -0.4 is 15.0 Å². The predicted octanol–water partition coefficient (Wildman–Crippen LogP) is 4.48. The van der Waals surface area contributed by atoms with Gasteiger partial charge in [0.1, 0.15) is 18.2 Å². The fourth-order valence-corrected chi connectivity index (χ4v) is 7.76. The van der Waals surface area contributed by atoms with Crippen LogP contribution in [0.2, 0.25) is 0 Å². The molecule has 0 atom stereocenters. The van der Waals surface area contributed by atoms with E-state index in [-0.39, 0.29) is 28.1 Å². The van der Waals surface area contributed by atoms with Crippen LogP contribution in [-0.2, 0) is 21.1 Å². The molecule has 1 N–H and O–H groups in total. The molecule has 0 bridgehead atoms. The molecule has 5 aromatic rings. The zero-order valence-corrected chi connectivity index (χ0v) is 30.0. The van der Waals surface area contributed by atoms with E-state index in [0.29, 0.717) is 55.0 Å². The summed E-state index contributed by atoms with van der Waals surface area (Å²) in [6.45, 7) is 4.64. The van der Waals surface area contributed by atoms with Crippen molar-refractivity contribution in [3.8, 4) is 23.2 Å². The van der Waals surface area contributed by atoms with E-state index in [9.17, 15) is 23.7 Å². The van der Waals surface area contributed by atoms with Gasteiger partial charge in [-0.1, -0.05) is 91.8 Å². The van der Waals surface area contributed by atoms with Gasteiger partial charge < -0.3 is 20.2 Å². The minimum atomic E-state index is -4.21. The van der Waals surface area contributed by atoms with E-state index in [4.69, 9.17) is 14.7 Å². The third-order valence-electron chi connectivity index (χ3n) is 8.39. The number of nitriles is 1. The number of sulfone groups is 1. The molecular weight excluding hydrogens is 705 g/mol. The van der Waals surface area contributed by atoms with Crippen LogP contribution in [-0.4, -0.2) is 84.3 Å². The average Bonchev–Trinajstić information content (AvgIpc) is 3.56. The lowest BCUT2D eigenvalue weighted by Gasteiger charge is -2.34. The highest BCUT2D eigenvalue weighted by Crippen LogP contribution is 2.32. The lowest BCUT2D eigenvalue weighted by molar-refractivity contribution is -0.832. The molecule has 0 radical (unpaired) electrons. The van der Waals surface area contributed by atoms with Gasteiger partial charge in [-0.05, 0) is 35.1 Å². The summed E-state index contributed by atoms with van der Waals surface area (Å²) in [4.78, 5) is 26.4. The molecule has 6 rings (SSSR count). The van der Waals surface area contributed by atoms with Crippen molar-refractivity contribution in [3.05, 3.63) is 101 Å². The van der Waals surface area contributed by atoms with Crippen LogP contribution in [0.25, 0.3) is 11.3 Å². The number of amides is 1. The Morgan fingerprint density at radius 1 is 1.02 bits per heavy atom. The van der Waals surface area contributed by atoms with Gasteiger partial charge in [0, 0.05) is 44.0 Å². The smallest absolute Gasteiger partial charge is 0.415 e. The molecule has 1 amide bonds. The van der Waals surface area contributed by atoms with E-state index in [1.165, 1.54) is 23.9 Å². The van der Waals surface area contributed by atoms with Gasteiger partial charge in [0.05, 0.1) is 21.5 Å². The second-order valence-electron chi connectivity index (χ2n) is 11.8. The molecule has 0 unspecified atom stereocenters. The number of ether oxygens (including phenoxy) is 1. The number of thioether (sulfide) groups is 1. The van der Waals surface area contributed by atoms with Crippen LogP contribution in [0.3, 0.4) is 0 Å². The van der Waals surface area contributed by atoms with Crippen LogP contribution in [0.1, 0.15) is 24.5 Å². The molecule has 0 aliphatic carbocycles. The third-order valence-corrected chi connectivity index (χ3v) is 10.9. The molecule has 1 aliphatic rings. The first-order valence-corrected chi connectivity index (χ1v) is 19.1. The quantitative estimate of drug-likeness (QED) is 0.0957. The van der Waals surface area contributed by atoms with Gasteiger partial charge in [0.25, 0.3) is 9.84 Å². The third kappa shape index (κ3) is 8.34. The number of aromatic nitrogens is 4. The first-order chi connectivity index (χ1) is 25.3. The SMILES string of the molecule is CCCc1ccccc1Nc1nc(SCC(=O)N2CCN(CCOc3no[n+]([O-])c3S(=O)(=O)c3ccccc3)CC2)nc(-c2ccccc2)c1C#N. The van der Waals surface area contributed by atoms with Gasteiger partial charge in [-0.3, -0.25) is 14.3 Å². The minimum absolute atomic E-state index is 0.0483. The molecule has 268 valence electrons. The largest absolute Gasteiger partial charge is 0.453 e. The van der Waals surface area contributed by atoms with Crippen molar-refractivity contribution in [1.29, 1.82) is 5.26 Å². The van der Waals surface area contributed by atoms with E-state index in [0.717, 1.165) is 29.7 Å². The fraction of sp³-hybridized carbons (Fsp3) is 0.278. The summed E-state index contributed by atoms with van der Waals surface area (Å²) in [5.74, 6) is 0.00544. The van der Waals surface area contributed by atoms with Crippen molar-refractivity contribution >= 4 is 39.0 Å². The molecule has 1 fully saturated rings. The standard InChI is InChI=1S/C36H36N8O6S2/c1-2-11-26-12-9-10-17-30(26)38-33-29(24-37)32(27-13-5-3-6-14-27)39-36(40-33)51-25-31(45)43-20-18-42(19-21-43)22-23-49-34-35(44(46)50-41-34)52(47,48)28-15-7-4-8-16-28/h3-10,12-17H,2,11,18-23,25H2,1H3,(H,38,39,40). The van der Waals surface area contributed by atoms with Crippen LogP contribution in [0.15, 0.2) is 105 Å². The number of anilines is 2. The molecule has 2 aromatic heterocycles. The van der Waals surface area contributed by atoms with Crippen LogP contribution in [0.4, 0.5) is 11.5 Å². The molecule has 3 heterocycles. The molecule has 1 aliphatic heterocycles. The lowest BCUT2D eigenvalue weighted by Crippen LogP contribution is -2.50. The Hall–Kier alpha value is -5.50. The van der Waals surface area contributed by atoms with Crippen molar-refractivity contribution in [1.82, 2.24) is 24.9 Å². The molecule has 52 heavy (non-hydrogen) atoms. The van der Waals surface area contributed by atoms with Gasteiger partial charge in [0.15, 0.2) is 11.0 Å². The van der Waals surface area contributed by atoms with E-state index in [2.05, 4.69) is 33.0 Å². The fourth-order valence-electron chi connectivity index (χ4n) is 5.71. The van der Waals surface area contributed by atoms with Gasteiger partial charge in [-0.15, -0.1) is 0 Å². The number of carbonyl (C=O) groups excluding carboxylic acids is 1. The summed E-state index contributed by atoms with van der Waals surface area (Å²) in [7, 11) is -4.21. The maximum Gasteiger partial charge on any atom is 0.415 e. The van der Waals surface area contributed by atoms with Gasteiger partial charge in [-0.25, -0.2) is 18.4 Å². The van der Waals surface area contributed by atoms with Crippen molar-refractivity contribution < 1.29 is 27.5 Å². The summed E-state index contributed by atoms with van der Waals surface area (Å²) in [5, 5.41) is 28.9. The molecule has 0 saturated carbocycles. The Morgan fingerprint density at radius 2 is 1.71 bits per heavy atom. The summed E-state index contributed by atoms with van der Waals surface area (Å²) < 4.78 is 36.1. The topological polar surface area (TPSA) is 181 Å². The number of aryl methyl sites for hydroxylation is 1. The van der Waals surface area contributed by atoms with Crippen LogP contribution in [0, 0.1) is 16.5 Å². The van der Waals surface area contributed by atoms with Gasteiger partial charge in [0.2, 0.25) is 5.91 Å². The molecule has 0 spiro atoms.